The number of ether oxygens (including phenoxy) is 1. The van der Waals surface area contributed by atoms with E-state index in [4.69, 9.17) is 4.74 Å². The predicted molar refractivity (Wildman–Crippen MR) is 87.2 cm³/mol. The van der Waals surface area contributed by atoms with E-state index in [2.05, 4.69) is 20.9 Å². The normalized spacial score (nSPS) is 14.5. The molecule has 0 spiro atoms. The number of likely N-dealkylation sites (N-methyl/N-ethyl adjacent to an activating group) is 1. The Morgan fingerprint density at radius 2 is 1.71 bits per heavy atom. The average Bonchev–Trinajstić information content (AvgIpc) is 2.54. The zero-order valence-corrected chi connectivity index (χ0v) is 14.2. The Labute approximate surface area is 129 Å². The van der Waals surface area contributed by atoms with Crippen LogP contribution in [0.2, 0.25) is 0 Å². The van der Waals surface area contributed by atoms with Crippen LogP contribution in [0.5, 0.6) is 0 Å². The summed E-state index contributed by atoms with van der Waals surface area (Å²) in [4.78, 5) is 12.5. The summed E-state index contributed by atoms with van der Waals surface area (Å²) in [6.45, 7) is 11.8. The molecule has 0 saturated carbocycles. The molecule has 0 N–H and O–H groups in total. The fraction of sp³-hybridized carbons (Fsp3) is 0.611. The third-order valence-electron chi connectivity index (χ3n) is 4.96. The first-order chi connectivity index (χ1) is 9.91. The highest BCUT2D eigenvalue weighted by molar-refractivity contribution is 5.82. The Morgan fingerprint density at radius 3 is 2.19 bits per heavy atom. The van der Waals surface area contributed by atoms with Gasteiger partial charge in [0.1, 0.15) is 13.2 Å². The van der Waals surface area contributed by atoms with Crippen LogP contribution in [0.15, 0.2) is 30.3 Å². The van der Waals surface area contributed by atoms with Crippen LogP contribution >= 0.6 is 0 Å². The topological polar surface area (TPSA) is 26.3 Å². The molecule has 0 radical (unpaired) electrons. The molecule has 118 valence electrons. The molecule has 0 saturated heterocycles. The second kappa shape index (κ2) is 7.60. The molecular formula is C18H30NO2+. The second-order valence-electron chi connectivity index (χ2n) is 6.16. The molecule has 0 bridgehead atoms. The summed E-state index contributed by atoms with van der Waals surface area (Å²) in [6, 6.07) is 9.92. The van der Waals surface area contributed by atoms with E-state index in [0.29, 0.717) is 6.61 Å². The summed E-state index contributed by atoms with van der Waals surface area (Å²) in [6.07, 6.45) is 0.740. The molecule has 3 heteroatoms. The van der Waals surface area contributed by atoms with Crippen LogP contribution in [0.4, 0.5) is 0 Å². The maximum atomic E-state index is 12.5. The van der Waals surface area contributed by atoms with Crippen LogP contribution in [-0.2, 0) is 14.9 Å². The number of esters is 1. The van der Waals surface area contributed by atoms with Gasteiger partial charge in [0.25, 0.3) is 0 Å². The van der Waals surface area contributed by atoms with Crippen molar-refractivity contribution in [2.75, 3.05) is 33.3 Å². The molecule has 0 aromatic heterocycles. The number of hydrogen-bond donors (Lipinski definition) is 0. The van der Waals surface area contributed by atoms with Gasteiger partial charge in [-0.05, 0) is 32.8 Å². The van der Waals surface area contributed by atoms with Crippen molar-refractivity contribution in [3.05, 3.63) is 35.9 Å². The van der Waals surface area contributed by atoms with Gasteiger partial charge in [0, 0.05) is 0 Å². The van der Waals surface area contributed by atoms with Crippen molar-refractivity contribution in [2.24, 2.45) is 0 Å². The van der Waals surface area contributed by atoms with Crippen molar-refractivity contribution in [3.8, 4) is 0 Å². The molecule has 1 aromatic carbocycles. The highest BCUT2D eigenvalue weighted by Gasteiger charge is 2.35. The van der Waals surface area contributed by atoms with Crippen LogP contribution in [0.1, 0.15) is 39.7 Å². The zero-order chi connectivity index (χ0) is 15.9. The number of quaternary nitrogens is 1. The van der Waals surface area contributed by atoms with Crippen molar-refractivity contribution >= 4 is 5.97 Å². The van der Waals surface area contributed by atoms with E-state index in [-0.39, 0.29) is 5.97 Å². The van der Waals surface area contributed by atoms with E-state index in [0.717, 1.165) is 36.1 Å². The Morgan fingerprint density at radius 1 is 1.14 bits per heavy atom. The minimum atomic E-state index is -0.552. The molecule has 0 aliphatic rings. The summed E-state index contributed by atoms with van der Waals surface area (Å²) in [5.41, 5.74) is 0.476. The Hall–Kier alpha value is -1.35. The average molecular weight is 292 g/mol. The summed E-state index contributed by atoms with van der Waals surface area (Å²) in [5, 5.41) is 0. The number of carbonyl (C=O) groups excluding carboxylic acids is 1. The Bertz CT molecular complexity index is 440. The number of nitrogens with zero attached hydrogens (tertiary/aromatic N) is 1. The van der Waals surface area contributed by atoms with Gasteiger partial charge in [0.2, 0.25) is 0 Å². The van der Waals surface area contributed by atoms with Gasteiger partial charge in [0.15, 0.2) is 0 Å². The summed E-state index contributed by atoms with van der Waals surface area (Å²) >= 11 is 0. The van der Waals surface area contributed by atoms with E-state index in [1.165, 1.54) is 0 Å². The van der Waals surface area contributed by atoms with Crippen LogP contribution in [0.25, 0.3) is 0 Å². The number of benzene rings is 1. The predicted octanol–water partition coefficient (Wildman–Crippen LogP) is 3.38. The maximum Gasteiger partial charge on any atom is 0.316 e. The second-order valence-corrected chi connectivity index (χ2v) is 6.16. The molecule has 0 fully saturated rings. The largest absolute Gasteiger partial charge is 0.459 e. The van der Waals surface area contributed by atoms with Crippen LogP contribution < -0.4 is 0 Å². The van der Waals surface area contributed by atoms with E-state index in [1.807, 2.05) is 44.2 Å². The van der Waals surface area contributed by atoms with Crippen molar-refractivity contribution in [1.82, 2.24) is 0 Å². The molecule has 1 aromatic rings. The van der Waals surface area contributed by atoms with Gasteiger partial charge < -0.3 is 9.22 Å². The molecule has 1 unspecified atom stereocenters. The minimum absolute atomic E-state index is 0.116. The third-order valence-corrected chi connectivity index (χ3v) is 4.96. The van der Waals surface area contributed by atoms with Crippen molar-refractivity contribution in [1.29, 1.82) is 0 Å². The minimum Gasteiger partial charge on any atom is -0.459 e. The van der Waals surface area contributed by atoms with Crippen LogP contribution in [0.3, 0.4) is 0 Å². The number of carbonyl (C=O) groups is 1. The van der Waals surface area contributed by atoms with Crippen molar-refractivity contribution < 1.29 is 14.0 Å². The van der Waals surface area contributed by atoms with E-state index in [1.54, 1.807) is 0 Å². The van der Waals surface area contributed by atoms with Gasteiger partial charge in [-0.2, -0.15) is 0 Å². The van der Waals surface area contributed by atoms with Gasteiger partial charge >= 0.3 is 5.97 Å². The quantitative estimate of drug-likeness (QED) is 0.542. The molecule has 0 aliphatic carbocycles. The molecular weight excluding hydrogens is 262 g/mol. The van der Waals surface area contributed by atoms with Crippen LogP contribution in [0, 0.1) is 0 Å². The Kier molecular flexibility index (Phi) is 6.41. The van der Waals surface area contributed by atoms with Gasteiger partial charge in [0.05, 0.1) is 25.6 Å². The van der Waals surface area contributed by atoms with Gasteiger partial charge in [-0.3, -0.25) is 4.79 Å². The maximum absolute atomic E-state index is 12.5. The molecule has 21 heavy (non-hydrogen) atoms. The summed E-state index contributed by atoms with van der Waals surface area (Å²) in [5.74, 6) is -0.116. The van der Waals surface area contributed by atoms with Crippen LogP contribution in [-0.4, -0.2) is 43.7 Å². The Balaban J connectivity index is 2.69. The first-order valence-electron chi connectivity index (χ1n) is 7.98. The van der Waals surface area contributed by atoms with E-state index in [9.17, 15) is 4.79 Å². The van der Waals surface area contributed by atoms with Crippen molar-refractivity contribution in [3.63, 3.8) is 0 Å². The number of hydrogen-bond acceptors (Lipinski definition) is 2. The lowest BCUT2D eigenvalue weighted by atomic mass is 9.80. The SMILES string of the molecule is CCC(C)(C(=O)OCC[N+](C)(CC)CC)c1ccccc1. The van der Waals surface area contributed by atoms with E-state index >= 15 is 0 Å². The fourth-order valence-corrected chi connectivity index (χ4v) is 2.33. The highest BCUT2D eigenvalue weighted by atomic mass is 16.5. The fourth-order valence-electron chi connectivity index (χ4n) is 2.33. The molecule has 3 nitrogen and oxygen atoms in total. The number of rotatable bonds is 8. The first-order valence-corrected chi connectivity index (χ1v) is 7.98. The van der Waals surface area contributed by atoms with Gasteiger partial charge in [-0.25, -0.2) is 0 Å². The molecule has 1 atom stereocenters. The summed E-state index contributed by atoms with van der Waals surface area (Å²) < 4.78 is 6.53. The van der Waals surface area contributed by atoms with Gasteiger partial charge in [-0.15, -0.1) is 0 Å². The lowest BCUT2D eigenvalue weighted by molar-refractivity contribution is -0.906. The third kappa shape index (κ3) is 4.31. The van der Waals surface area contributed by atoms with E-state index < -0.39 is 5.41 Å². The standard InChI is InChI=1S/C18H30NO2/c1-6-18(4,16-12-10-9-11-13-16)17(20)21-15-14-19(5,7-2)8-3/h9-13H,6-8,14-15H2,1-5H3/q+1. The summed E-state index contributed by atoms with van der Waals surface area (Å²) in [7, 11) is 2.20. The highest BCUT2D eigenvalue weighted by Crippen LogP contribution is 2.28. The van der Waals surface area contributed by atoms with Crippen molar-refractivity contribution in [2.45, 2.75) is 39.5 Å². The lowest BCUT2D eigenvalue weighted by Gasteiger charge is -2.32. The molecule has 0 aliphatic heterocycles. The lowest BCUT2D eigenvalue weighted by Crippen LogP contribution is -2.46. The zero-order valence-electron chi connectivity index (χ0n) is 14.2. The molecule has 1 rings (SSSR count). The molecule has 0 amide bonds. The first kappa shape index (κ1) is 17.7. The van der Waals surface area contributed by atoms with Gasteiger partial charge in [-0.1, -0.05) is 37.3 Å². The monoisotopic (exact) mass is 292 g/mol. The molecule has 0 heterocycles. The smallest absolute Gasteiger partial charge is 0.316 e.